The fourth-order valence-electron chi connectivity index (χ4n) is 0.153. The highest BCUT2D eigenvalue weighted by Gasteiger charge is 1.72. The monoisotopic (exact) mass is 86.1 g/mol. The summed E-state index contributed by atoms with van der Waals surface area (Å²) in [7, 11) is 1.61. The third-order valence-corrected chi connectivity index (χ3v) is 0.431. The summed E-state index contributed by atoms with van der Waals surface area (Å²) >= 11 is 0. The minimum atomic E-state index is 0.608. The van der Waals surface area contributed by atoms with Gasteiger partial charge in [0.25, 0.3) is 0 Å². The number of methoxy groups -OCH3 is 1. The van der Waals surface area contributed by atoms with Crippen LogP contribution >= 0.6 is 0 Å². The molecule has 0 unspecified atom stereocenters. The molecule has 0 amide bonds. The molecule has 1 radical (unpaired) electrons. The van der Waals surface area contributed by atoms with Crippen molar-refractivity contribution in [2.24, 2.45) is 0 Å². The van der Waals surface area contributed by atoms with Crippen molar-refractivity contribution in [1.29, 1.82) is 5.41 Å². The standard InChI is InChI=1S/C4H8NO/c1-6-4-2-3-5/h5H,2,4H2,1H3. The topological polar surface area (TPSA) is 33.1 Å². The maximum atomic E-state index is 6.38. The van der Waals surface area contributed by atoms with Gasteiger partial charge in [0.05, 0.1) is 12.8 Å². The van der Waals surface area contributed by atoms with Crippen molar-refractivity contribution in [3.05, 3.63) is 0 Å². The number of hydrogen-bond acceptors (Lipinski definition) is 2. The van der Waals surface area contributed by atoms with Crippen molar-refractivity contribution in [1.82, 2.24) is 0 Å². The highest BCUT2D eigenvalue weighted by Crippen LogP contribution is 1.69. The molecule has 0 aromatic heterocycles. The molecule has 2 nitrogen and oxygen atoms in total. The van der Waals surface area contributed by atoms with E-state index in [-0.39, 0.29) is 0 Å². The van der Waals surface area contributed by atoms with Crippen LogP contribution < -0.4 is 0 Å². The van der Waals surface area contributed by atoms with E-state index in [9.17, 15) is 0 Å². The first-order chi connectivity index (χ1) is 2.91. The van der Waals surface area contributed by atoms with Crippen LogP contribution in [0.2, 0.25) is 0 Å². The first kappa shape index (κ1) is 5.63. The lowest BCUT2D eigenvalue weighted by Gasteiger charge is -1.84. The second kappa shape index (κ2) is 4.63. The first-order valence-corrected chi connectivity index (χ1v) is 1.80. The molecular weight excluding hydrogens is 78.0 g/mol. The van der Waals surface area contributed by atoms with E-state index in [0.717, 1.165) is 0 Å². The maximum Gasteiger partial charge on any atom is 0.0545 e. The molecule has 6 heavy (non-hydrogen) atoms. The Kier molecular flexibility index (Phi) is 4.34. The zero-order valence-electron chi connectivity index (χ0n) is 3.82. The van der Waals surface area contributed by atoms with Gasteiger partial charge in [-0.2, -0.15) is 0 Å². The van der Waals surface area contributed by atoms with E-state index in [0.29, 0.717) is 13.0 Å². The molecule has 0 spiro atoms. The second-order valence-corrected chi connectivity index (χ2v) is 0.920. The van der Waals surface area contributed by atoms with Gasteiger partial charge in [-0.15, -0.1) is 0 Å². The van der Waals surface area contributed by atoms with Gasteiger partial charge < -0.3 is 10.1 Å². The van der Waals surface area contributed by atoms with Crippen molar-refractivity contribution in [2.45, 2.75) is 6.42 Å². The van der Waals surface area contributed by atoms with Gasteiger partial charge in [0.1, 0.15) is 0 Å². The van der Waals surface area contributed by atoms with Crippen LogP contribution in [0.1, 0.15) is 6.42 Å². The van der Waals surface area contributed by atoms with Crippen molar-refractivity contribution in [3.8, 4) is 0 Å². The summed E-state index contributed by atoms with van der Waals surface area (Å²) in [6, 6.07) is 0. The summed E-state index contributed by atoms with van der Waals surface area (Å²) in [6.07, 6.45) is 2.80. The van der Waals surface area contributed by atoms with E-state index in [1.165, 1.54) is 0 Å². The Labute approximate surface area is 37.6 Å². The average molecular weight is 86.1 g/mol. The molecule has 0 saturated heterocycles. The Morgan fingerprint density at radius 3 is 2.67 bits per heavy atom. The van der Waals surface area contributed by atoms with E-state index in [1.54, 1.807) is 7.11 Å². The van der Waals surface area contributed by atoms with Gasteiger partial charge in [-0.1, -0.05) is 0 Å². The molecule has 2 heteroatoms. The molecule has 0 aromatic rings. The number of nitrogens with one attached hydrogen (secondary N) is 1. The van der Waals surface area contributed by atoms with Gasteiger partial charge in [0.15, 0.2) is 0 Å². The summed E-state index contributed by atoms with van der Waals surface area (Å²) < 4.78 is 4.60. The average Bonchev–Trinajstić information content (AvgIpc) is 1.61. The molecule has 0 aliphatic heterocycles. The molecule has 0 fully saturated rings. The van der Waals surface area contributed by atoms with Crippen molar-refractivity contribution < 1.29 is 4.74 Å². The van der Waals surface area contributed by atoms with Gasteiger partial charge in [-0.25, -0.2) is 0 Å². The number of rotatable bonds is 3. The molecular formula is C4H8NO. The summed E-state index contributed by atoms with van der Waals surface area (Å²) in [5.74, 6) is 0. The lowest BCUT2D eigenvalue weighted by molar-refractivity contribution is 0.208. The van der Waals surface area contributed by atoms with Crippen molar-refractivity contribution >= 4 is 6.21 Å². The summed E-state index contributed by atoms with van der Waals surface area (Å²) in [5, 5.41) is 6.38. The highest BCUT2D eigenvalue weighted by molar-refractivity contribution is 5.52. The molecule has 0 rings (SSSR count). The fraction of sp³-hybridized carbons (Fsp3) is 0.750. The summed E-state index contributed by atoms with van der Waals surface area (Å²) in [4.78, 5) is 0. The molecule has 0 aliphatic carbocycles. The Balaban J connectivity index is 2.49. The van der Waals surface area contributed by atoms with E-state index in [1.807, 2.05) is 0 Å². The SMILES string of the molecule is COCC[C]=N. The minimum absolute atomic E-state index is 0.608. The molecule has 0 saturated carbocycles. The Hall–Kier alpha value is -0.370. The lowest BCUT2D eigenvalue weighted by Crippen LogP contribution is -1.85. The van der Waals surface area contributed by atoms with Crippen LogP contribution in [0, 0.1) is 5.41 Å². The Bertz CT molecular complexity index is 36.5. The molecule has 35 valence electrons. The highest BCUT2D eigenvalue weighted by atomic mass is 16.5. The third-order valence-electron chi connectivity index (χ3n) is 0.431. The van der Waals surface area contributed by atoms with E-state index in [2.05, 4.69) is 11.0 Å². The molecule has 0 heterocycles. The zero-order valence-corrected chi connectivity index (χ0v) is 3.82. The van der Waals surface area contributed by atoms with Crippen LogP contribution in [0.25, 0.3) is 0 Å². The molecule has 0 atom stereocenters. The van der Waals surface area contributed by atoms with Gasteiger partial charge in [-0.05, 0) is 0 Å². The normalized spacial score (nSPS) is 8.17. The largest absolute Gasteiger partial charge is 0.384 e. The van der Waals surface area contributed by atoms with Crippen LogP contribution in [0.5, 0.6) is 0 Å². The van der Waals surface area contributed by atoms with Crippen molar-refractivity contribution in [2.75, 3.05) is 13.7 Å². The second-order valence-electron chi connectivity index (χ2n) is 0.920. The quantitative estimate of drug-likeness (QED) is 0.395. The lowest BCUT2D eigenvalue weighted by atomic mass is 10.5. The number of hydrogen-bond donors (Lipinski definition) is 1. The maximum absolute atomic E-state index is 6.38. The van der Waals surface area contributed by atoms with Crippen LogP contribution in [0.4, 0.5) is 0 Å². The molecule has 0 bridgehead atoms. The van der Waals surface area contributed by atoms with Crippen LogP contribution in [-0.4, -0.2) is 19.9 Å². The molecule has 0 aliphatic rings. The van der Waals surface area contributed by atoms with Crippen LogP contribution in [0.3, 0.4) is 0 Å². The number of ether oxygens (including phenoxy) is 1. The van der Waals surface area contributed by atoms with E-state index < -0.39 is 0 Å². The first-order valence-electron chi connectivity index (χ1n) is 1.80. The third kappa shape index (κ3) is 3.63. The van der Waals surface area contributed by atoms with Crippen molar-refractivity contribution in [3.63, 3.8) is 0 Å². The predicted octanol–water partition coefficient (Wildman–Crippen LogP) is 0.549. The van der Waals surface area contributed by atoms with Gasteiger partial charge in [0, 0.05) is 13.5 Å². The fourth-order valence-corrected chi connectivity index (χ4v) is 0.153. The van der Waals surface area contributed by atoms with Gasteiger partial charge in [-0.3, -0.25) is 0 Å². The minimum Gasteiger partial charge on any atom is -0.384 e. The van der Waals surface area contributed by atoms with Crippen LogP contribution in [-0.2, 0) is 4.74 Å². The molecule has 0 aromatic carbocycles. The smallest absolute Gasteiger partial charge is 0.0545 e. The van der Waals surface area contributed by atoms with Gasteiger partial charge >= 0.3 is 0 Å². The summed E-state index contributed by atoms with van der Waals surface area (Å²) in [5.41, 5.74) is 0. The van der Waals surface area contributed by atoms with E-state index >= 15 is 0 Å². The Morgan fingerprint density at radius 1 is 1.83 bits per heavy atom. The van der Waals surface area contributed by atoms with Gasteiger partial charge in [0.2, 0.25) is 0 Å². The van der Waals surface area contributed by atoms with E-state index in [4.69, 9.17) is 5.41 Å². The van der Waals surface area contributed by atoms with Crippen LogP contribution in [0.15, 0.2) is 0 Å². The Morgan fingerprint density at radius 2 is 2.50 bits per heavy atom. The summed E-state index contributed by atoms with van der Waals surface area (Å²) in [6.45, 7) is 0.615. The predicted molar refractivity (Wildman–Crippen MR) is 24.2 cm³/mol. The zero-order chi connectivity index (χ0) is 4.83. The molecule has 1 N–H and O–H groups in total.